The van der Waals surface area contributed by atoms with Crippen LogP contribution in [0.2, 0.25) is 0 Å². The Labute approximate surface area is 155 Å². The number of carboxylic acids is 1. The van der Waals surface area contributed by atoms with Gasteiger partial charge in [0, 0.05) is 31.9 Å². The lowest BCUT2D eigenvalue weighted by molar-refractivity contribution is -0.657. The first kappa shape index (κ1) is 17.6. The zero-order valence-corrected chi connectivity index (χ0v) is 15.3. The molecule has 1 N–H and O–H groups in total. The first-order chi connectivity index (χ1) is 12.5. The number of thiazole rings is 1. The van der Waals surface area contributed by atoms with Gasteiger partial charge in [-0.15, -0.1) is 0 Å². The molecule has 26 heavy (non-hydrogen) atoms. The number of aliphatic carboxylic acids is 1. The minimum absolute atomic E-state index is 0.145. The lowest BCUT2D eigenvalue weighted by Gasteiger charge is -2.11. The molecule has 0 atom stereocenters. The van der Waals surface area contributed by atoms with Gasteiger partial charge in [-0.1, -0.05) is 23.5 Å². The minimum Gasteiger partial charge on any atom is -0.477 e. The predicted octanol–water partition coefficient (Wildman–Crippen LogP) is 3.38. The van der Waals surface area contributed by atoms with Crippen molar-refractivity contribution in [3.63, 3.8) is 0 Å². The largest absolute Gasteiger partial charge is 0.477 e. The molecule has 0 bridgehead atoms. The van der Waals surface area contributed by atoms with Crippen LogP contribution in [0.15, 0.2) is 42.5 Å². The van der Waals surface area contributed by atoms with Crippen molar-refractivity contribution in [1.82, 2.24) is 0 Å². The smallest absolute Gasteiger partial charge is 0.370 e. The third-order valence-corrected chi connectivity index (χ3v) is 5.11. The number of carboxylic acid groups (broad SMARTS) is 1. The fourth-order valence-electron chi connectivity index (χ4n) is 2.64. The molecule has 0 unspecified atom stereocenters. The number of nitrogens with zero attached hydrogens (tertiary/aromatic N) is 3. The summed E-state index contributed by atoms with van der Waals surface area (Å²) in [4.78, 5) is 13.3. The monoisotopic (exact) mass is 364 g/mol. The van der Waals surface area contributed by atoms with Crippen molar-refractivity contribution in [2.75, 3.05) is 19.0 Å². The zero-order chi connectivity index (χ0) is 18.7. The van der Waals surface area contributed by atoms with Crippen LogP contribution in [0.5, 0.6) is 0 Å². The van der Waals surface area contributed by atoms with Crippen LogP contribution in [0.3, 0.4) is 0 Å². The third-order valence-electron chi connectivity index (χ3n) is 3.98. The van der Waals surface area contributed by atoms with Crippen LogP contribution in [0.1, 0.15) is 16.1 Å². The highest BCUT2D eigenvalue weighted by atomic mass is 32.1. The van der Waals surface area contributed by atoms with E-state index in [4.69, 9.17) is 5.26 Å². The number of benzene rings is 2. The van der Waals surface area contributed by atoms with Gasteiger partial charge in [0.15, 0.2) is 0 Å². The van der Waals surface area contributed by atoms with E-state index in [9.17, 15) is 9.90 Å². The van der Waals surface area contributed by atoms with Gasteiger partial charge >= 0.3 is 5.97 Å². The summed E-state index contributed by atoms with van der Waals surface area (Å²) in [7, 11) is 3.98. The Morgan fingerprint density at radius 1 is 1.23 bits per heavy atom. The summed E-state index contributed by atoms with van der Waals surface area (Å²) in [6, 6.07) is 15.6. The number of rotatable bonds is 5. The standard InChI is InChI=1S/C20H17N3O2S/c1-22(2)16-7-3-14(4-8-16)6-10-19-23(13-20(24)25)17-11-15(12-21)5-9-18(17)26-19/h3-11H,13H2,1-2H3/p+1. The number of hydrogen-bond acceptors (Lipinski definition) is 4. The van der Waals surface area contributed by atoms with Crippen molar-refractivity contribution in [1.29, 1.82) is 5.26 Å². The zero-order valence-electron chi connectivity index (χ0n) is 14.5. The number of nitriles is 1. The highest BCUT2D eigenvalue weighted by Gasteiger charge is 2.21. The number of fused-ring (bicyclic) bond motifs is 1. The predicted molar refractivity (Wildman–Crippen MR) is 104 cm³/mol. The van der Waals surface area contributed by atoms with Crippen LogP contribution in [0.4, 0.5) is 5.69 Å². The highest BCUT2D eigenvalue weighted by molar-refractivity contribution is 7.18. The molecule has 0 fully saturated rings. The minimum atomic E-state index is -0.915. The highest BCUT2D eigenvalue weighted by Crippen LogP contribution is 2.23. The van der Waals surface area contributed by atoms with Crippen molar-refractivity contribution in [3.05, 3.63) is 58.6 Å². The molecule has 3 aromatic rings. The molecule has 0 saturated carbocycles. The maximum Gasteiger partial charge on any atom is 0.370 e. The van der Waals surface area contributed by atoms with E-state index in [2.05, 4.69) is 6.07 Å². The van der Waals surface area contributed by atoms with E-state index in [1.165, 1.54) is 11.3 Å². The lowest BCUT2D eigenvalue weighted by atomic mass is 10.2. The second-order valence-corrected chi connectivity index (χ2v) is 7.10. The van der Waals surface area contributed by atoms with Crippen LogP contribution in [-0.2, 0) is 11.3 Å². The second-order valence-electron chi connectivity index (χ2n) is 6.03. The molecule has 0 aliphatic carbocycles. The molecule has 0 aliphatic rings. The molecule has 130 valence electrons. The van der Waals surface area contributed by atoms with Crippen molar-refractivity contribution >= 4 is 45.4 Å². The van der Waals surface area contributed by atoms with Crippen LogP contribution >= 0.6 is 11.3 Å². The fourth-order valence-corrected chi connectivity index (χ4v) is 3.69. The Morgan fingerprint density at radius 2 is 1.96 bits per heavy atom. The van der Waals surface area contributed by atoms with E-state index in [1.807, 2.05) is 61.5 Å². The Kier molecular flexibility index (Phi) is 5.01. The van der Waals surface area contributed by atoms with Gasteiger partial charge < -0.3 is 10.0 Å². The van der Waals surface area contributed by atoms with Gasteiger partial charge in [-0.2, -0.15) is 9.83 Å². The van der Waals surface area contributed by atoms with Gasteiger partial charge in [0.2, 0.25) is 12.1 Å². The Hall–Kier alpha value is -3.17. The fraction of sp³-hybridized carbons (Fsp3) is 0.150. The molecule has 3 rings (SSSR count). The maximum atomic E-state index is 11.3. The average molecular weight is 364 g/mol. The molecule has 1 aromatic heterocycles. The number of anilines is 1. The average Bonchev–Trinajstić information content (AvgIpc) is 2.96. The van der Waals surface area contributed by atoms with Crippen molar-refractivity contribution < 1.29 is 14.5 Å². The Balaban J connectivity index is 2.00. The van der Waals surface area contributed by atoms with Crippen LogP contribution in [-0.4, -0.2) is 25.2 Å². The van der Waals surface area contributed by atoms with Crippen molar-refractivity contribution in [3.8, 4) is 6.07 Å². The summed E-state index contributed by atoms with van der Waals surface area (Å²) in [5, 5.41) is 19.2. The van der Waals surface area contributed by atoms with Crippen LogP contribution in [0.25, 0.3) is 22.4 Å². The molecule has 0 amide bonds. The topological polar surface area (TPSA) is 68.2 Å². The quantitative estimate of drug-likeness (QED) is 0.705. The summed E-state index contributed by atoms with van der Waals surface area (Å²) in [6.07, 6.45) is 3.89. The van der Waals surface area contributed by atoms with E-state index in [0.29, 0.717) is 5.56 Å². The first-order valence-electron chi connectivity index (χ1n) is 8.01. The SMILES string of the molecule is CN(C)c1ccc(C=Cc2sc3ccc(C#N)cc3[n+]2CC(=O)O)cc1. The van der Waals surface area contributed by atoms with Gasteiger partial charge in [0.25, 0.3) is 5.01 Å². The molecule has 1 heterocycles. The van der Waals surface area contributed by atoms with Crippen LogP contribution in [0, 0.1) is 11.3 Å². The summed E-state index contributed by atoms with van der Waals surface area (Å²) in [5.41, 5.74) is 3.44. The summed E-state index contributed by atoms with van der Waals surface area (Å²) in [6.45, 7) is -0.145. The third kappa shape index (κ3) is 3.73. The Morgan fingerprint density at radius 3 is 2.58 bits per heavy atom. The molecular formula is C20H18N3O2S+. The number of carbonyl (C=O) groups is 1. The summed E-state index contributed by atoms with van der Waals surface area (Å²) in [5.74, 6) is -0.915. The molecule has 0 spiro atoms. The summed E-state index contributed by atoms with van der Waals surface area (Å²) >= 11 is 1.51. The molecular weight excluding hydrogens is 346 g/mol. The lowest BCUT2D eigenvalue weighted by Crippen LogP contribution is -2.39. The van der Waals surface area contributed by atoms with E-state index in [-0.39, 0.29) is 6.54 Å². The van der Waals surface area contributed by atoms with Gasteiger partial charge in [-0.05, 0) is 35.9 Å². The second kappa shape index (κ2) is 7.38. The van der Waals surface area contributed by atoms with Crippen molar-refractivity contribution in [2.24, 2.45) is 0 Å². The van der Waals surface area contributed by atoms with E-state index in [0.717, 1.165) is 26.5 Å². The molecule has 0 aliphatic heterocycles. The normalized spacial score (nSPS) is 11.0. The molecule has 0 saturated heterocycles. The van der Waals surface area contributed by atoms with Crippen LogP contribution < -0.4 is 9.47 Å². The van der Waals surface area contributed by atoms with Gasteiger partial charge in [0.1, 0.15) is 4.70 Å². The maximum absolute atomic E-state index is 11.3. The first-order valence-corrected chi connectivity index (χ1v) is 8.83. The van der Waals surface area contributed by atoms with E-state index >= 15 is 0 Å². The van der Waals surface area contributed by atoms with Crippen molar-refractivity contribution in [2.45, 2.75) is 6.54 Å². The summed E-state index contributed by atoms with van der Waals surface area (Å²) < 4.78 is 2.68. The van der Waals surface area contributed by atoms with E-state index in [1.54, 1.807) is 16.7 Å². The van der Waals surface area contributed by atoms with Gasteiger partial charge in [0.05, 0.1) is 11.6 Å². The Bertz CT molecular complexity index is 1030. The number of hydrogen-bond donors (Lipinski definition) is 1. The molecule has 2 aromatic carbocycles. The molecule has 0 radical (unpaired) electrons. The van der Waals surface area contributed by atoms with Gasteiger partial charge in [-0.25, -0.2) is 4.79 Å². The van der Waals surface area contributed by atoms with Gasteiger partial charge in [-0.3, -0.25) is 0 Å². The molecule has 6 heteroatoms. The number of aromatic nitrogens is 1. The molecule has 5 nitrogen and oxygen atoms in total. The van der Waals surface area contributed by atoms with E-state index < -0.39 is 5.97 Å².